The van der Waals surface area contributed by atoms with E-state index in [1.807, 2.05) is 12.3 Å². The van der Waals surface area contributed by atoms with E-state index in [1.54, 1.807) is 17.7 Å². The van der Waals surface area contributed by atoms with Crippen molar-refractivity contribution in [2.75, 3.05) is 19.6 Å². The molecule has 0 bridgehead atoms. The monoisotopic (exact) mass is 276 g/mol. The van der Waals surface area contributed by atoms with E-state index in [1.165, 1.54) is 6.07 Å². The summed E-state index contributed by atoms with van der Waals surface area (Å²) in [5.41, 5.74) is 2.27. The van der Waals surface area contributed by atoms with Crippen LogP contribution in [0.25, 0.3) is 5.69 Å². The molecule has 0 aliphatic rings. The van der Waals surface area contributed by atoms with Crippen LogP contribution in [0, 0.1) is 12.7 Å². The number of likely N-dealkylation sites (N-methyl/N-ethyl adjacent to an activating group) is 1. The number of aromatic nitrogens is 3. The van der Waals surface area contributed by atoms with Gasteiger partial charge in [-0.05, 0) is 37.7 Å². The second kappa shape index (κ2) is 6.61. The molecule has 4 nitrogen and oxygen atoms in total. The summed E-state index contributed by atoms with van der Waals surface area (Å²) in [4.78, 5) is 2.34. The van der Waals surface area contributed by atoms with Gasteiger partial charge < -0.3 is 4.90 Å². The van der Waals surface area contributed by atoms with Crippen molar-refractivity contribution < 1.29 is 4.39 Å². The van der Waals surface area contributed by atoms with E-state index in [-0.39, 0.29) is 5.82 Å². The Morgan fingerprint density at radius 2 is 2.00 bits per heavy atom. The van der Waals surface area contributed by atoms with Crippen molar-refractivity contribution in [3.63, 3.8) is 0 Å². The average Bonchev–Trinajstić information content (AvgIpc) is 2.92. The van der Waals surface area contributed by atoms with Crippen molar-refractivity contribution in [2.24, 2.45) is 0 Å². The van der Waals surface area contributed by atoms with Gasteiger partial charge in [-0.3, -0.25) is 0 Å². The molecule has 0 aliphatic carbocycles. The molecule has 1 heterocycles. The third kappa shape index (κ3) is 3.42. The maximum atomic E-state index is 13.5. The first-order valence-electron chi connectivity index (χ1n) is 7.04. The maximum absolute atomic E-state index is 13.5. The molecule has 0 atom stereocenters. The maximum Gasteiger partial charge on any atom is 0.128 e. The average molecular weight is 276 g/mol. The number of halogens is 1. The highest BCUT2D eigenvalue weighted by atomic mass is 19.1. The molecule has 0 N–H and O–H groups in total. The zero-order chi connectivity index (χ0) is 14.5. The Bertz CT molecular complexity index is 561. The Balaban J connectivity index is 2.06. The molecule has 2 aromatic rings. The molecule has 0 aliphatic heterocycles. The standard InChI is InChI=1S/C15H21FN4/c1-4-19(5-2)9-8-13-11-20(18-17-13)14-7-6-12(3)15(16)10-14/h6-7,10-11H,4-5,8-9H2,1-3H3. The third-order valence-corrected chi connectivity index (χ3v) is 3.54. The fraction of sp³-hybridized carbons (Fsp3) is 0.467. The quantitative estimate of drug-likeness (QED) is 0.813. The van der Waals surface area contributed by atoms with Gasteiger partial charge in [0.15, 0.2) is 0 Å². The van der Waals surface area contributed by atoms with Gasteiger partial charge in [-0.1, -0.05) is 25.1 Å². The number of benzene rings is 1. The Kier molecular flexibility index (Phi) is 4.84. The van der Waals surface area contributed by atoms with E-state index in [2.05, 4.69) is 29.1 Å². The molecule has 0 saturated carbocycles. The summed E-state index contributed by atoms with van der Waals surface area (Å²) in [6.07, 6.45) is 2.73. The summed E-state index contributed by atoms with van der Waals surface area (Å²) >= 11 is 0. The van der Waals surface area contributed by atoms with Crippen molar-refractivity contribution in [2.45, 2.75) is 27.2 Å². The van der Waals surface area contributed by atoms with Crippen molar-refractivity contribution >= 4 is 0 Å². The van der Waals surface area contributed by atoms with Crippen LogP contribution in [0.2, 0.25) is 0 Å². The highest BCUT2D eigenvalue weighted by molar-refractivity contribution is 5.34. The number of rotatable bonds is 6. The predicted molar refractivity (Wildman–Crippen MR) is 77.5 cm³/mol. The van der Waals surface area contributed by atoms with Gasteiger partial charge in [0.1, 0.15) is 5.82 Å². The molecule has 0 spiro atoms. The van der Waals surface area contributed by atoms with Crippen LogP contribution >= 0.6 is 0 Å². The van der Waals surface area contributed by atoms with Crippen molar-refractivity contribution in [1.29, 1.82) is 0 Å². The summed E-state index contributed by atoms with van der Waals surface area (Å²) < 4.78 is 15.2. The van der Waals surface area contributed by atoms with E-state index in [0.717, 1.165) is 31.7 Å². The Hall–Kier alpha value is -1.75. The molecule has 5 heteroatoms. The van der Waals surface area contributed by atoms with Crippen LogP contribution < -0.4 is 0 Å². The smallest absolute Gasteiger partial charge is 0.128 e. The van der Waals surface area contributed by atoms with Gasteiger partial charge in [0, 0.05) is 13.0 Å². The summed E-state index contributed by atoms with van der Waals surface area (Å²) in [7, 11) is 0. The molecule has 0 unspecified atom stereocenters. The molecule has 108 valence electrons. The molecule has 1 aromatic heterocycles. The minimum Gasteiger partial charge on any atom is -0.303 e. The molecule has 0 fully saturated rings. The predicted octanol–water partition coefficient (Wildman–Crippen LogP) is 2.60. The fourth-order valence-corrected chi connectivity index (χ4v) is 2.08. The van der Waals surface area contributed by atoms with Gasteiger partial charge in [-0.15, -0.1) is 5.10 Å². The van der Waals surface area contributed by atoms with Crippen LogP contribution in [0.4, 0.5) is 4.39 Å². The summed E-state index contributed by atoms with van der Waals surface area (Å²) in [5.74, 6) is -0.220. The van der Waals surface area contributed by atoms with Crippen LogP contribution in [-0.4, -0.2) is 39.5 Å². The lowest BCUT2D eigenvalue weighted by Gasteiger charge is -2.16. The van der Waals surface area contributed by atoms with E-state index < -0.39 is 0 Å². The fourth-order valence-electron chi connectivity index (χ4n) is 2.08. The SMILES string of the molecule is CCN(CC)CCc1cn(-c2ccc(C)c(F)c2)nn1. The third-order valence-electron chi connectivity index (χ3n) is 3.54. The van der Waals surface area contributed by atoms with Gasteiger partial charge in [0.25, 0.3) is 0 Å². The van der Waals surface area contributed by atoms with Crippen molar-refractivity contribution in [3.05, 3.63) is 41.5 Å². The van der Waals surface area contributed by atoms with Gasteiger partial charge in [-0.2, -0.15) is 0 Å². The number of hydrogen-bond acceptors (Lipinski definition) is 3. The first-order valence-corrected chi connectivity index (χ1v) is 7.04. The van der Waals surface area contributed by atoms with Gasteiger partial charge >= 0.3 is 0 Å². The molecule has 0 radical (unpaired) electrons. The van der Waals surface area contributed by atoms with Crippen LogP contribution in [0.15, 0.2) is 24.4 Å². The van der Waals surface area contributed by atoms with E-state index in [0.29, 0.717) is 11.3 Å². The number of aryl methyl sites for hydroxylation is 1. The molecule has 1 aromatic carbocycles. The molecule has 0 saturated heterocycles. The highest BCUT2D eigenvalue weighted by Gasteiger charge is 2.07. The minimum atomic E-state index is -0.220. The first-order chi connectivity index (χ1) is 9.63. The highest BCUT2D eigenvalue weighted by Crippen LogP contribution is 2.13. The Morgan fingerprint density at radius 1 is 1.25 bits per heavy atom. The van der Waals surface area contributed by atoms with Gasteiger partial charge in [-0.25, -0.2) is 9.07 Å². The van der Waals surface area contributed by atoms with Crippen molar-refractivity contribution in [1.82, 2.24) is 19.9 Å². The van der Waals surface area contributed by atoms with E-state index in [4.69, 9.17) is 0 Å². The topological polar surface area (TPSA) is 34.0 Å². The normalized spacial score (nSPS) is 11.2. The zero-order valence-corrected chi connectivity index (χ0v) is 12.3. The van der Waals surface area contributed by atoms with Crippen LogP contribution in [0.5, 0.6) is 0 Å². The van der Waals surface area contributed by atoms with Gasteiger partial charge in [0.05, 0.1) is 17.6 Å². The molecule has 0 amide bonds. The van der Waals surface area contributed by atoms with Crippen LogP contribution in [-0.2, 0) is 6.42 Å². The van der Waals surface area contributed by atoms with Crippen molar-refractivity contribution in [3.8, 4) is 5.69 Å². The molecular weight excluding hydrogens is 255 g/mol. The van der Waals surface area contributed by atoms with Crippen LogP contribution in [0.3, 0.4) is 0 Å². The zero-order valence-electron chi connectivity index (χ0n) is 12.3. The molecule has 2 rings (SSSR count). The Morgan fingerprint density at radius 3 is 2.65 bits per heavy atom. The molecule has 20 heavy (non-hydrogen) atoms. The van der Waals surface area contributed by atoms with Crippen LogP contribution in [0.1, 0.15) is 25.1 Å². The lowest BCUT2D eigenvalue weighted by atomic mass is 10.2. The largest absolute Gasteiger partial charge is 0.303 e. The summed E-state index contributed by atoms with van der Waals surface area (Å²) in [6.45, 7) is 9.08. The Labute approximate surface area is 119 Å². The lowest BCUT2D eigenvalue weighted by molar-refractivity contribution is 0.307. The van der Waals surface area contributed by atoms with E-state index >= 15 is 0 Å². The summed E-state index contributed by atoms with van der Waals surface area (Å²) in [6, 6.07) is 5.08. The molecular formula is C15H21FN4. The summed E-state index contributed by atoms with van der Waals surface area (Å²) in [5, 5.41) is 8.22. The van der Waals surface area contributed by atoms with E-state index in [9.17, 15) is 4.39 Å². The van der Waals surface area contributed by atoms with Gasteiger partial charge in [0.2, 0.25) is 0 Å². The lowest BCUT2D eigenvalue weighted by Crippen LogP contribution is -2.25. The number of nitrogens with zero attached hydrogens (tertiary/aromatic N) is 4. The minimum absolute atomic E-state index is 0.220. The first kappa shape index (κ1) is 14.7. The second-order valence-electron chi connectivity index (χ2n) is 4.86. The second-order valence-corrected chi connectivity index (χ2v) is 4.86. The number of hydrogen-bond donors (Lipinski definition) is 0.